The lowest BCUT2D eigenvalue weighted by Crippen LogP contribution is -1.95. The number of esters is 1. The first-order valence-corrected chi connectivity index (χ1v) is 6.42. The average Bonchev–Trinajstić information content (AvgIpc) is 2.31. The molecule has 4 heteroatoms. The number of carbonyl (C=O) groups excluding carboxylic acids is 1. The van der Waals surface area contributed by atoms with Crippen molar-refractivity contribution in [3.8, 4) is 0 Å². The van der Waals surface area contributed by atoms with E-state index < -0.39 is 0 Å². The molecule has 0 atom stereocenters. The van der Waals surface area contributed by atoms with Crippen LogP contribution in [-0.2, 0) is 9.53 Å². The molecule has 1 aromatic carbocycles. The Hall–Kier alpha value is -0.730. The van der Waals surface area contributed by atoms with Gasteiger partial charge in [-0.2, -0.15) is 0 Å². The second kappa shape index (κ2) is 15.3. The highest BCUT2D eigenvalue weighted by Gasteiger charge is 1.81. The summed E-state index contributed by atoms with van der Waals surface area (Å²) in [7, 11) is 0. The van der Waals surface area contributed by atoms with E-state index in [4.69, 9.17) is 23.2 Å². The van der Waals surface area contributed by atoms with Crippen molar-refractivity contribution < 1.29 is 9.53 Å². The summed E-state index contributed by atoms with van der Waals surface area (Å²) >= 11 is 10.1. The minimum Gasteiger partial charge on any atom is -0.466 e. The first-order chi connectivity index (χ1) is 8.08. The summed E-state index contributed by atoms with van der Waals surface area (Å²) < 4.78 is 4.40. The minimum atomic E-state index is -0.211. The molecule has 1 rings (SSSR count). The molecule has 0 bridgehead atoms. The van der Waals surface area contributed by atoms with Gasteiger partial charge >= 0.3 is 5.97 Å². The summed E-state index contributed by atoms with van der Waals surface area (Å²) in [6, 6.07) is 10.3. The highest BCUT2D eigenvalue weighted by atomic mass is 35.5. The van der Waals surface area contributed by atoms with Crippen LogP contribution in [0.15, 0.2) is 30.3 Å². The van der Waals surface area contributed by atoms with Gasteiger partial charge in [-0.3, -0.25) is 4.79 Å². The molecule has 0 aliphatic rings. The summed E-state index contributed by atoms with van der Waals surface area (Å²) in [4.78, 5) is 9.82. The van der Waals surface area contributed by atoms with Gasteiger partial charge in [-0.15, -0.1) is 23.2 Å². The summed E-state index contributed by atoms with van der Waals surface area (Å²) in [6.07, 6.45) is 0. The van der Waals surface area contributed by atoms with Gasteiger partial charge in [0.1, 0.15) is 0 Å². The second-order valence-corrected chi connectivity index (χ2v) is 3.71. The molecule has 0 aliphatic carbocycles. The quantitative estimate of drug-likeness (QED) is 0.603. The first-order valence-electron chi connectivity index (χ1n) is 5.35. The van der Waals surface area contributed by atoms with Crippen LogP contribution < -0.4 is 0 Å². The van der Waals surface area contributed by atoms with Crippen LogP contribution in [0.3, 0.4) is 0 Å². The maximum atomic E-state index is 9.82. The average molecular weight is 279 g/mol. The SMILES string of the molecule is CCOC(C)=O.Cc1ccccc1.ClCCCl. The molecule has 17 heavy (non-hydrogen) atoms. The van der Waals surface area contributed by atoms with Crippen LogP contribution in [0.25, 0.3) is 0 Å². The molecule has 0 aromatic heterocycles. The van der Waals surface area contributed by atoms with Gasteiger partial charge in [0.05, 0.1) is 6.61 Å². The van der Waals surface area contributed by atoms with Crippen LogP contribution in [0.2, 0.25) is 0 Å². The Balaban J connectivity index is 0. The van der Waals surface area contributed by atoms with Gasteiger partial charge in [0.15, 0.2) is 0 Å². The van der Waals surface area contributed by atoms with Crippen molar-refractivity contribution in [2.24, 2.45) is 0 Å². The number of halogens is 2. The van der Waals surface area contributed by atoms with Gasteiger partial charge in [0.2, 0.25) is 0 Å². The van der Waals surface area contributed by atoms with Gasteiger partial charge < -0.3 is 4.74 Å². The third-order valence-electron chi connectivity index (χ3n) is 1.36. The van der Waals surface area contributed by atoms with E-state index in [1.807, 2.05) is 18.2 Å². The second-order valence-electron chi connectivity index (χ2n) is 2.96. The molecular weight excluding hydrogens is 259 g/mol. The number of hydrogen-bond donors (Lipinski definition) is 0. The van der Waals surface area contributed by atoms with E-state index in [1.165, 1.54) is 12.5 Å². The molecule has 1 aromatic rings. The number of carbonyl (C=O) groups is 1. The van der Waals surface area contributed by atoms with Crippen LogP contribution in [0.1, 0.15) is 19.4 Å². The third kappa shape index (κ3) is 21.2. The summed E-state index contributed by atoms with van der Waals surface area (Å²) in [5.74, 6) is 0.904. The molecule has 0 saturated heterocycles. The topological polar surface area (TPSA) is 26.3 Å². The fraction of sp³-hybridized carbons (Fsp3) is 0.462. The number of rotatable bonds is 2. The molecule has 98 valence electrons. The Bertz CT molecular complexity index is 261. The number of benzene rings is 1. The van der Waals surface area contributed by atoms with E-state index in [1.54, 1.807) is 6.92 Å². The third-order valence-corrected chi connectivity index (χ3v) is 1.93. The van der Waals surface area contributed by atoms with Crippen molar-refractivity contribution in [2.75, 3.05) is 18.4 Å². The molecule has 0 spiro atoms. The zero-order valence-corrected chi connectivity index (χ0v) is 12.1. The Morgan fingerprint density at radius 1 is 1.18 bits per heavy atom. The summed E-state index contributed by atoms with van der Waals surface area (Å²) in [5, 5.41) is 0. The monoisotopic (exact) mass is 278 g/mol. The molecule has 0 saturated carbocycles. The van der Waals surface area contributed by atoms with Crippen molar-refractivity contribution in [1.82, 2.24) is 0 Å². The molecule has 0 unspecified atom stereocenters. The number of ether oxygens (including phenoxy) is 1. The van der Waals surface area contributed by atoms with Crippen molar-refractivity contribution in [3.63, 3.8) is 0 Å². The molecule has 0 N–H and O–H groups in total. The van der Waals surface area contributed by atoms with Crippen LogP contribution in [-0.4, -0.2) is 24.3 Å². The lowest BCUT2D eigenvalue weighted by molar-refractivity contribution is -0.140. The van der Waals surface area contributed by atoms with Gasteiger partial charge in [0, 0.05) is 18.7 Å². The molecule has 2 nitrogen and oxygen atoms in total. The van der Waals surface area contributed by atoms with Crippen LogP contribution in [0.5, 0.6) is 0 Å². The molecule has 0 amide bonds. The van der Waals surface area contributed by atoms with E-state index >= 15 is 0 Å². The van der Waals surface area contributed by atoms with Crippen molar-refractivity contribution in [1.29, 1.82) is 0 Å². The van der Waals surface area contributed by atoms with Crippen molar-refractivity contribution in [2.45, 2.75) is 20.8 Å². The highest BCUT2D eigenvalue weighted by molar-refractivity contribution is 6.25. The maximum Gasteiger partial charge on any atom is 0.302 e. The van der Waals surface area contributed by atoms with Crippen LogP contribution in [0.4, 0.5) is 0 Å². The van der Waals surface area contributed by atoms with Gasteiger partial charge in [0.25, 0.3) is 0 Å². The molecule has 0 radical (unpaired) electrons. The zero-order chi connectivity index (χ0) is 13.5. The standard InChI is InChI=1S/C7H8.C4H8O2.C2H4Cl2/c1-7-5-3-2-4-6-7;1-3-6-4(2)5;3-1-2-4/h2-6H,1H3;3H2,1-2H3;1-2H2. The Kier molecular flexibility index (Phi) is 16.7. The van der Waals surface area contributed by atoms with Crippen molar-refractivity contribution in [3.05, 3.63) is 35.9 Å². The van der Waals surface area contributed by atoms with E-state index in [0.29, 0.717) is 18.4 Å². The fourth-order valence-electron chi connectivity index (χ4n) is 0.738. The highest BCUT2D eigenvalue weighted by Crippen LogP contribution is 1.92. The Morgan fingerprint density at radius 2 is 1.65 bits per heavy atom. The van der Waals surface area contributed by atoms with Crippen LogP contribution >= 0.6 is 23.2 Å². The first kappa shape index (κ1) is 18.6. The Morgan fingerprint density at radius 3 is 1.76 bits per heavy atom. The Labute approximate surface area is 114 Å². The number of aryl methyl sites for hydroxylation is 1. The molecule has 0 aliphatic heterocycles. The van der Waals surface area contributed by atoms with Gasteiger partial charge in [-0.05, 0) is 13.8 Å². The fourth-order valence-corrected chi connectivity index (χ4v) is 0.738. The molecule has 0 heterocycles. The largest absolute Gasteiger partial charge is 0.466 e. The van der Waals surface area contributed by atoms with E-state index in [-0.39, 0.29) is 5.97 Å². The zero-order valence-electron chi connectivity index (χ0n) is 10.6. The minimum absolute atomic E-state index is 0.211. The van der Waals surface area contributed by atoms with Crippen molar-refractivity contribution >= 4 is 29.2 Å². The predicted octanol–water partition coefficient (Wildman–Crippen LogP) is 4.03. The van der Waals surface area contributed by atoms with Gasteiger partial charge in [-0.25, -0.2) is 0 Å². The molecule has 0 fully saturated rings. The lowest BCUT2D eigenvalue weighted by atomic mass is 10.2. The normalized spacial score (nSPS) is 8.06. The van der Waals surface area contributed by atoms with Gasteiger partial charge in [-0.1, -0.05) is 35.9 Å². The van der Waals surface area contributed by atoms with E-state index in [9.17, 15) is 4.79 Å². The van der Waals surface area contributed by atoms with E-state index in [0.717, 1.165) is 0 Å². The number of hydrogen-bond acceptors (Lipinski definition) is 2. The van der Waals surface area contributed by atoms with E-state index in [2.05, 4.69) is 23.8 Å². The number of alkyl halides is 2. The summed E-state index contributed by atoms with van der Waals surface area (Å²) in [6.45, 7) is 5.74. The smallest absolute Gasteiger partial charge is 0.302 e. The predicted molar refractivity (Wildman–Crippen MR) is 74.9 cm³/mol. The van der Waals surface area contributed by atoms with Crippen LogP contribution in [0, 0.1) is 6.92 Å². The molecular formula is C13H20Cl2O2. The summed E-state index contributed by atoms with van der Waals surface area (Å²) in [5.41, 5.74) is 1.32. The maximum absolute atomic E-state index is 9.82. The lowest BCUT2D eigenvalue weighted by Gasteiger charge is -1.89.